The van der Waals surface area contributed by atoms with Crippen molar-refractivity contribution in [2.45, 2.75) is 56.9 Å². The zero-order chi connectivity index (χ0) is 17.4. The summed E-state index contributed by atoms with van der Waals surface area (Å²) in [5.41, 5.74) is 3.88. The van der Waals surface area contributed by atoms with Gasteiger partial charge < -0.3 is 33.2 Å². The van der Waals surface area contributed by atoms with Crippen molar-refractivity contribution in [3.63, 3.8) is 0 Å². The fraction of sp³-hybridized carbons (Fsp3) is 0.478. The zero-order valence-corrected chi connectivity index (χ0v) is 18.2. The zero-order valence-electron chi connectivity index (χ0n) is 16.1. The molecule has 0 aliphatic carbocycles. The van der Waals surface area contributed by atoms with Gasteiger partial charge in [0.15, 0.2) is 0 Å². The SMILES string of the molecule is Cc1ccccc1C(OC1CC2CCC(C1)[N+]2(C)C)c1ccccc1.[I-]. The fourth-order valence-corrected chi connectivity index (χ4v) is 4.97. The van der Waals surface area contributed by atoms with Gasteiger partial charge in [-0.3, -0.25) is 0 Å². The number of ether oxygens (including phenoxy) is 1. The Hall–Kier alpha value is -0.910. The number of halogens is 1. The van der Waals surface area contributed by atoms with Crippen LogP contribution in [0.5, 0.6) is 0 Å². The maximum atomic E-state index is 6.81. The summed E-state index contributed by atoms with van der Waals surface area (Å²) >= 11 is 0. The predicted molar refractivity (Wildman–Crippen MR) is 102 cm³/mol. The second-order valence-corrected chi connectivity index (χ2v) is 8.39. The highest BCUT2D eigenvalue weighted by molar-refractivity contribution is 5.35. The third kappa shape index (κ3) is 3.71. The number of fused-ring (bicyclic) bond motifs is 2. The molecular weight excluding hydrogens is 433 g/mol. The molecule has 2 aromatic rings. The number of piperidine rings is 1. The molecule has 0 N–H and O–H groups in total. The molecule has 0 aromatic heterocycles. The molecule has 2 heterocycles. The Morgan fingerprint density at radius 2 is 1.46 bits per heavy atom. The van der Waals surface area contributed by atoms with Gasteiger partial charge in [-0.2, -0.15) is 0 Å². The van der Waals surface area contributed by atoms with Crippen LogP contribution in [-0.2, 0) is 4.74 Å². The number of benzene rings is 2. The van der Waals surface area contributed by atoms with Crippen molar-refractivity contribution >= 4 is 0 Å². The van der Waals surface area contributed by atoms with Gasteiger partial charge in [0.1, 0.15) is 6.10 Å². The van der Waals surface area contributed by atoms with E-state index in [2.05, 4.69) is 75.6 Å². The van der Waals surface area contributed by atoms with E-state index < -0.39 is 0 Å². The van der Waals surface area contributed by atoms with Gasteiger partial charge in [0.05, 0.1) is 32.3 Å². The van der Waals surface area contributed by atoms with Gasteiger partial charge in [0.2, 0.25) is 0 Å². The van der Waals surface area contributed by atoms with Gasteiger partial charge in [-0.05, 0) is 23.6 Å². The Bertz CT molecular complexity index is 714. The molecule has 3 heteroatoms. The third-order valence-electron chi connectivity index (χ3n) is 6.69. The van der Waals surface area contributed by atoms with Gasteiger partial charge in [-0.25, -0.2) is 0 Å². The van der Waals surface area contributed by atoms with Crippen molar-refractivity contribution in [1.82, 2.24) is 0 Å². The minimum absolute atomic E-state index is 0. The number of hydrogen-bond acceptors (Lipinski definition) is 1. The van der Waals surface area contributed by atoms with Crippen molar-refractivity contribution in [1.29, 1.82) is 0 Å². The van der Waals surface area contributed by atoms with E-state index in [0.717, 1.165) is 12.1 Å². The first-order chi connectivity index (χ1) is 12.1. The Balaban J connectivity index is 0.00000196. The van der Waals surface area contributed by atoms with Crippen molar-refractivity contribution in [3.8, 4) is 0 Å². The molecule has 2 fully saturated rings. The molecular formula is C23H30INO. The van der Waals surface area contributed by atoms with E-state index in [4.69, 9.17) is 4.74 Å². The van der Waals surface area contributed by atoms with E-state index in [1.54, 1.807) is 0 Å². The highest BCUT2D eigenvalue weighted by Crippen LogP contribution is 2.42. The van der Waals surface area contributed by atoms with Crippen LogP contribution >= 0.6 is 0 Å². The second-order valence-electron chi connectivity index (χ2n) is 8.39. The molecule has 2 saturated heterocycles. The summed E-state index contributed by atoms with van der Waals surface area (Å²) in [5, 5.41) is 0. The van der Waals surface area contributed by atoms with Gasteiger partial charge in [0, 0.05) is 25.7 Å². The minimum Gasteiger partial charge on any atom is -1.00 e. The first-order valence-electron chi connectivity index (χ1n) is 9.65. The van der Waals surface area contributed by atoms with Crippen LogP contribution in [0.4, 0.5) is 0 Å². The second kappa shape index (κ2) is 7.99. The highest BCUT2D eigenvalue weighted by Gasteiger charge is 2.49. The molecule has 3 atom stereocenters. The van der Waals surface area contributed by atoms with E-state index in [9.17, 15) is 0 Å². The molecule has 2 nitrogen and oxygen atoms in total. The number of quaternary nitrogens is 1. The monoisotopic (exact) mass is 463 g/mol. The number of aryl methyl sites for hydroxylation is 1. The Labute approximate surface area is 175 Å². The van der Waals surface area contributed by atoms with Crippen LogP contribution < -0.4 is 24.0 Å². The summed E-state index contributed by atoms with van der Waals surface area (Å²) in [4.78, 5) is 0. The molecule has 140 valence electrons. The normalized spacial score (nSPS) is 27.6. The lowest BCUT2D eigenvalue weighted by molar-refractivity contribution is -0.931. The van der Waals surface area contributed by atoms with E-state index in [-0.39, 0.29) is 30.1 Å². The highest BCUT2D eigenvalue weighted by atomic mass is 127. The van der Waals surface area contributed by atoms with Crippen molar-refractivity contribution in [2.24, 2.45) is 0 Å². The molecule has 0 saturated carbocycles. The lowest BCUT2D eigenvalue weighted by Gasteiger charge is -2.44. The molecule has 2 aromatic carbocycles. The van der Waals surface area contributed by atoms with Gasteiger partial charge in [-0.1, -0.05) is 54.6 Å². The minimum atomic E-state index is 0. The van der Waals surface area contributed by atoms with Gasteiger partial charge in [-0.15, -0.1) is 0 Å². The summed E-state index contributed by atoms with van der Waals surface area (Å²) in [6.45, 7) is 2.19. The van der Waals surface area contributed by atoms with Gasteiger partial charge in [0.25, 0.3) is 0 Å². The molecule has 0 radical (unpaired) electrons. The number of nitrogens with zero attached hydrogens (tertiary/aromatic N) is 1. The van der Waals surface area contributed by atoms with Crippen LogP contribution in [0.25, 0.3) is 0 Å². The quantitative estimate of drug-likeness (QED) is 0.497. The molecule has 26 heavy (non-hydrogen) atoms. The smallest absolute Gasteiger partial charge is 0.108 e. The summed E-state index contributed by atoms with van der Waals surface area (Å²) in [5.74, 6) is 0. The first kappa shape index (κ1) is 19.8. The summed E-state index contributed by atoms with van der Waals surface area (Å²) in [6, 6.07) is 20.9. The molecule has 0 amide bonds. The predicted octanol–water partition coefficient (Wildman–Crippen LogP) is 1.87. The van der Waals surface area contributed by atoms with Gasteiger partial charge >= 0.3 is 0 Å². The van der Waals surface area contributed by atoms with Crippen molar-refractivity contribution in [3.05, 3.63) is 71.3 Å². The largest absolute Gasteiger partial charge is 1.00 e. The fourth-order valence-electron chi connectivity index (χ4n) is 4.97. The van der Waals surface area contributed by atoms with Crippen LogP contribution in [-0.4, -0.2) is 36.8 Å². The number of rotatable bonds is 4. The molecule has 2 aliphatic heterocycles. The maximum Gasteiger partial charge on any atom is 0.108 e. The van der Waals surface area contributed by atoms with E-state index in [1.165, 1.54) is 46.9 Å². The Morgan fingerprint density at radius 3 is 2.08 bits per heavy atom. The van der Waals surface area contributed by atoms with E-state index in [0.29, 0.717) is 6.10 Å². The van der Waals surface area contributed by atoms with E-state index in [1.807, 2.05) is 0 Å². The van der Waals surface area contributed by atoms with Crippen LogP contribution in [0.2, 0.25) is 0 Å². The summed E-state index contributed by atoms with van der Waals surface area (Å²) < 4.78 is 8.00. The average molecular weight is 463 g/mol. The molecule has 2 bridgehead atoms. The molecule has 2 aliphatic rings. The number of hydrogen-bond donors (Lipinski definition) is 0. The maximum absolute atomic E-state index is 6.81. The average Bonchev–Trinajstić information content (AvgIpc) is 2.79. The lowest BCUT2D eigenvalue weighted by atomic mass is 9.94. The Kier molecular flexibility index (Phi) is 6.10. The third-order valence-corrected chi connectivity index (χ3v) is 6.69. The van der Waals surface area contributed by atoms with Crippen LogP contribution in [0.1, 0.15) is 48.5 Å². The standard InChI is InChI=1S/C23H30NO.HI/c1-17-9-7-8-12-22(17)23(18-10-5-4-6-11-18)25-21-15-19-13-14-20(16-21)24(19,2)3;/h4-12,19-21,23H,13-16H2,1-3H3;1H/q+1;/p-1. The topological polar surface area (TPSA) is 9.23 Å². The molecule has 4 rings (SSSR count). The summed E-state index contributed by atoms with van der Waals surface area (Å²) in [7, 11) is 4.82. The van der Waals surface area contributed by atoms with Crippen molar-refractivity contribution < 1.29 is 33.2 Å². The molecule has 3 unspecified atom stereocenters. The molecule has 0 spiro atoms. The van der Waals surface area contributed by atoms with Crippen LogP contribution in [0.3, 0.4) is 0 Å². The first-order valence-corrected chi connectivity index (χ1v) is 9.65. The van der Waals surface area contributed by atoms with Crippen molar-refractivity contribution in [2.75, 3.05) is 14.1 Å². The van der Waals surface area contributed by atoms with Crippen LogP contribution in [0.15, 0.2) is 54.6 Å². The van der Waals surface area contributed by atoms with E-state index >= 15 is 0 Å². The van der Waals surface area contributed by atoms with Crippen LogP contribution in [0, 0.1) is 6.92 Å². The lowest BCUT2D eigenvalue weighted by Crippen LogP contribution is -3.00. The summed E-state index contributed by atoms with van der Waals surface area (Å²) in [6.07, 6.45) is 5.52. The Morgan fingerprint density at radius 1 is 0.885 bits per heavy atom.